The van der Waals surface area contributed by atoms with Crippen LogP contribution in [0.4, 0.5) is 0 Å². The van der Waals surface area contributed by atoms with Crippen LogP contribution in [0.1, 0.15) is 66.7 Å². The predicted octanol–water partition coefficient (Wildman–Crippen LogP) is -15.2. The van der Waals surface area contributed by atoms with Gasteiger partial charge in [0.15, 0.2) is 0 Å². The third-order valence-electron chi connectivity index (χ3n) is 17.2. The Morgan fingerprint density at radius 1 is 0.337 bits per heavy atom. The molecule has 5 amide bonds. The van der Waals surface area contributed by atoms with Gasteiger partial charge in [-0.1, -0.05) is 0 Å². The van der Waals surface area contributed by atoms with Gasteiger partial charge in [-0.2, -0.15) is 0 Å². The first-order valence-corrected chi connectivity index (χ1v) is 30.7. The molecule has 0 radical (unpaired) electrons. The number of carbonyl (C=O) groups excluding carboxylic acids is 5. The minimum absolute atomic E-state index is 0.789. The summed E-state index contributed by atoms with van der Waals surface area (Å²) in [7, 11) is 0. The zero-order valence-electron chi connectivity index (χ0n) is 54.1. The lowest BCUT2D eigenvalue weighted by Crippen LogP contribution is -2.72. The third kappa shape index (κ3) is 19.0. The number of carbonyl (C=O) groups is 10. The molecule has 0 bridgehead atoms. The third-order valence-corrected chi connectivity index (χ3v) is 17.2. The largest absolute Gasteiger partial charge is 0.477 e. The van der Waals surface area contributed by atoms with Crippen LogP contribution in [-0.2, 0) is 90.6 Å². The maximum absolute atomic E-state index is 13.7. The van der Waals surface area contributed by atoms with Gasteiger partial charge in [0.2, 0.25) is 29.5 Å². The van der Waals surface area contributed by atoms with E-state index in [1.54, 1.807) is 0 Å². The molecule has 46 nitrogen and oxygen atoms in total. The van der Waals surface area contributed by atoms with Gasteiger partial charge in [0, 0.05) is 66.7 Å². The molecule has 27 N–H and O–H groups in total. The second kappa shape index (κ2) is 34.5. The molecule has 0 aromatic heterocycles. The SMILES string of the molecule is CC(=O)N[C@H]1[C@H]([C@H](O)[C@H](O)CO)O[C@@](O[C@H](CO)[C@@H](O)[C@@H]2O[C@@](O[C@H](CO)[C@@H](O)[C@@H]3O[C@@](O[C@H](CO)[C@@H](O)[C@@H]4O[C@@](O[C@H](CO)[C@@H](O)[C@@H]5OC(O)(C(=O)O)C[C@H](O)[C@H]5NC(C)=O)(C(=O)O)C[C@H](O)[C@H]4NC(C)=O)(C(=O)O)C[C@H](O)[C@H]3NC(C)=O)(C(=O)O)C[C@H](O)[C@H]2NC(C)=O)(C(=O)O)C[C@@H]1O. The summed E-state index contributed by atoms with van der Waals surface area (Å²) >= 11 is 0. The molecule has 5 heterocycles. The number of aliphatic hydroxyl groups is 17. The van der Waals surface area contributed by atoms with Crippen LogP contribution in [0.25, 0.3) is 0 Å². The molecule has 101 heavy (non-hydrogen) atoms. The van der Waals surface area contributed by atoms with Gasteiger partial charge in [-0.25, -0.2) is 24.0 Å². The molecular weight excluding hydrogens is 1390 g/mol. The number of ether oxygens (including phenoxy) is 9. The van der Waals surface area contributed by atoms with Crippen molar-refractivity contribution in [3.63, 3.8) is 0 Å². The Hall–Kier alpha value is -6.34. The van der Waals surface area contributed by atoms with E-state index in [2.05, 4.69) is 26.6 Å². The van der Waals surface area contributed by atoms with E-state index in [0.29, 0.717) is 0 Å². The van der Waals surface area contributed by atoms with Crippen molar-refractivity contribution < 1.29 is 203 Å². The second-order valence-electron chi connectivity index (χ2n) is 24.8. The average molecular weight is 1470 g/mol. The molecule has 46 heteroatoms. The Kier molecular flexibility index (Phi) is 29.1. The first-order valence-electron chi connectivity index (χ1n) is 30.7. The van der Waals surface area contributed by atoms with Crippen LogP contribution < -0.4 is 26.6 Å². The average Bonchev–Trinajstić information content (AvgIpc) is 0.761. The summed E-state index contributed by atoms with van der Waals surface area (Å²) in [6.07, 6.45) is -56.9. The highest BCUT2D eigenvalue weighted by Crippen LogP contribution is 2.43. The molecule has 5 saturated heterocycles. The van der Waals surface area contributed by atoms with Crippen LogP contribution in [-0.4, -0.2) is 386 Å². The summed E-state index contributed by atoms with van der Waals surface area (Å²) in [6.45, 7) is -3.57. The molecule has 30 atom stereocenters. The Morgan fingerprint density at radius 2 is 0.535 bits per heavy atom. The van der Waals surface area contributed by atoms with Crippen LogP contribution in [0, 0.1) is 0 Å². The smallest absolute Gasteiger partial charge is 0.364 e. The molecule has 0 aromatic carbocycles. The van der Waals surface area contributed by atoms with Crippen molar-refractivity contribution in [1.29, 1.82) is 0 Å². The van der Waals surface area contributed by atoms with Crippen molar-refractivity contribution in [2.45, 2.75) is 248 Å². The summed E-state index contributed by atoms with van der Waals surface area (Å²) in [5, 5.41) is 253. The van der Waals surface area contributed by atoms with E-state index >= 15 is 0 Å². The summed E-state index contributed by atoms with van der Waals surface area (Å²) in [4.78, 5) is 128. The van der Waals surface area contributed by atoms with Gasteiger partial charge in [-0.05, 0) is 0 Å². The number of nitrogens with one attached hydrogen (secondary N) is 5. The summed E-state index contributed by atoms with van der Waals surface area (Å²) in [6, 6.07) is -10.1. The van der Waals surface area contributed by atoms with Crippen LogP contribution in [0.5, 0.6) is 0 Å². The molecule has 0 spiro atoms. The van der Waals surface area contributed by atoms with Crippen LogP contribution in [0.15, 0.2) is 0 Å². The molecule has 5 aliphatic heterocycles. The lowest BCUT2D eigenvalue weighted by atomic mass is 9.86. The topological polar surface area (TPSA) is 759 Å². The number of carboxylic acids is 5. The molecule has 0 aliphatic carbocycles. The van der Waals surface area contributed by atoms with E-state index in [1.807, 2.05) is 0 Å². The molecule has 5 rings (SSSR count). The second-order valence-corrected chi connectivity index (χ2v) is 24.8. The normalized spacial score (nSPS) is 37.5. The van der Waals surface area contributed by atoms with Crippen LogP contribution in [0.3, 0.4) is 0 Å². The maximum atomic E-state index is 13.7. The summed E-state index contributed by atoms with van der Waals surface area (Å²) in [5.41, 5.74) is 0. The van der Waals surface area contributed by atoms with E-state index in [9.17, 15) is 160 Å². The van der Waals surface area contributed by atoms with Crippen molar-refractivity contribution in [1.82, 2.24) is 26.6 Å². The highest BCUT2D eigenvalue weighted by Gasteiger charge is 2.65. The standard InChI is InChI=1S/C55H87N5O41/c1-16(66)56-31-21(71)6-51(92,46(82)83)97-42(31)37(78)27(12-62)93-53(48(86)87)8-23(73)33(58-18(3)68)44(99-53)39(80)29(14-64)95-55(50(90)91)10-25(75)35(60-20(5)70)45(101-55)40(81)30(15-65)96-54(49(88)89)9-24(74)34(59-19(4)69)43(100-54)38(79)28(13-63)94-52(47(84)85)7-22(72)32(57-17(2)67)41(98-52)36(77)26(76)11-61/h21-45,61-65,71-81,92H,6-15H2,1-5H3,(H,56,66)(H,57,67)(H,58,68)(H,59,69)(H,60,70)(H,82,83)(H,84,85)(H,86,87)(H,88,89)(H,90,91)/t21-,22-,23-,24-,25-,26+,27+,28+,29+,30+,31+,32+,33+,34+,35+,36+,37+,38+,39+,40+,41+,42+,43+,44+,45+,51?,52+,53+,54+,55+/m0/s1. The van der Waals surface area contributed by atoms with Gasteiger partial charge < -0.3 is 182 Å². The van der Waals surface area contributed by atoms with Gasteiger partial charge in [-0.15, -0.1) is 0 Å². The van der Waals surface area contributed by atoms with E-state index in [-0.39, 0.29) is 0 Å². The van der Waals surface area contributed by atoms with E-state index < -0.39 is 306 Å². The molecule has 0 aromatic rings. The zero-order chi connectivity index (χ0) is 76.7. The van der Waals surface area contributed by atoms with Gasteiger partial charge in [-0.3, -0.25) is 24.0 Å². The van der Waals surface area contributed by atoms with Crippen molar-refractivity contribution in [3.8, 4) is 0 Å². The van der Waals surface area contributed by atoms with Crippen molar-refractivity contribution in [2.75, 3.05) is 33.0 Å². The maximum Gasteiger partial charge on any atom is 0.364 e. The predicted molar refractivity (Wildman–Crippen MR) is 311 cm³/mol. The van der Waals surface area contributed by atoms with E-state index in [4.69, 9.17) is 42.6 Å². The highest BCUT2D eigenvalue weighted by molar-refractivity contribution is 5.80. The number of amides is 5. The fourth-order valence-corrected chi connectivity index (χ4v) is 12.5. The molecule has 5 fully saturated rings. The lowest BCUT2D eigenvalue weighted by molar-refractivity contribution is -0.364. The van der Waals surface area contributed by atoms with Gasteiger partial charge >= 0.3 is 29.8 Å². The Labute approximate surface area is 568 Å². The van der Waals surface area contributed by atoms with Gasteiger partial charge in [0.1, 0.15) is 91.6 Å². The quantitative estimate of drug-likeness (QED) is 0.0290. The fourth-order valence-electron chi connectivity index (χ4n) is 12.5. The Bertz CT molecular complexity index is 2940. The van der Waals surface area contributed by atoms with Crippen LogP contribution >= 0.6 is 0 Å². The first-order chi connectivity index (χ1) is 46.8. The van der Waals surface area contributed by atoms with Gasteiger partial charge in [0.05, 0.1) is 93.8 Å². The molecule has 5 aliphatic rings. The highest BCUT2D eigenvalue weighted by atomic mass is 16.8. The minimum Gasteiger partial charge on any atom is -0.477 e. The van der Waals surface area contributed by atoms with Crippen molar-refractivity contribution in [2.24, 2.45) is 0 Å². The molecule has 578 valence electrons. The lowest BCUT2D eigenvalue weighted by Gasteiger charge is -2.51. The number of hydrogen-bond acceptors (Lipinski definition) is 36. The first kappa shape index (κ1) is 85.3. The molecule has 1 unspecified atom stereocenters. The number of carboxylic acid groups (broad SMARTS) is 5. The van der Waals surface area contributed by atoms with Crippen molar-refractivity contribution >= 4 is 59.4 Å². The minimum atomic E-state index is -3.68. The number of aliphatic hydroxyl groups excluding tert-OH is 16. The Balaban J connectivity index is 1.55. The van der Waals surface area contributed by atoms with Crippen LogP contribution in [0.2, 0.25) is 0 Å². The number of rotatable bonds is 33. The monoisotopic (exact) mass is 1470 g/mol. The summed E-state index contributed by atoms with van der Waals surface area (Å²) in [5.74, 6) is -34.3. The number of hydrogen-bond donors (Lipinski definition) is 27. The molecule has 0 saturated carbocycles. The summed E-state index contributed by atoms with van der Waals surface area (Å²) < 4.78 is 50.5. The Morgan fingerprint density at radius 3 is 0.713 bits per heavy atom. The zero-order valence-corrected chi connectivity index (χ0v) is 54.1. The number of aliphatic carboxylic acids is 5. The fraction of sp³-hybridized carbons (Fsp3) is 0.818. The van der Waals surface area contributed by atoms with E-state index in [0.717, 1.165) is 34.6 Å². The van der Waals surface area contributed by atoms with E-state index in [1.165, 1.54) is 0 Å². The molecular formula is C55H87N5O41. The van der Waals surface area contributed by atoms with Crippen molar-refractivity contribution in [3.05, 3.63) is 0 Å². The van der Waals surface area contributed by atoms with Gasteiger partial charge in [0.25, 0.3) is 28.9 Å².